The zero-order chi connectivity index (χ0) is 26.6. The van der Waals surface area contributed by atoms with E-state index in [1.54, 1.807) is 12.1 Å². The highest BCUT2D eigenvalue weighted by Gasteiger charge is 2.31. The normalized spacial score (nSPS) is 16.6. The molecule has 38 heavy (non-hydrogen) atoms. The van der Waals surface area contributed by atoms with Crippen molar-refractivity contribution in [3.63, 3.8) is 0 Å². The van der Waals surface area contributed by atoms with Gasteiger partial charge in [-0.15, -0.1) is 0 Å². The molecule has 0 radical (unpaired) electrons. The van der Waals surface area contributed by atoms with Gasteiger partial charge in [0.25, 0.3) is 5.91 Å². The minimum Gasteiger partial charge on any atom is -0.486 e. The molecule has 0 saturated carbocycles. The minimum atomic E-state index is -1.30. The molecule has 198 valence electrons. The average molecular weight is 524 g/mol. The van der Waals surface area contributed by atoms with E-state index in [-0.39, 0.29) is 42.4 Å². The number of aliphatic hydroxyl groups is 1. The first-order valence-electron chi connectivity index (χ1n) is 12.5. The Labute approximate surface area is 218 Å². The van der Waals surface area contributed by atoms with Gasteiger partial charge in [-0.3, -0.25) is 14.6 Å². The smallest absolute Gasteiger partial charge is 0.292 e. The third kappa shape index (κ3) is 5.66. The number of rotatable bonds is 8. The number of carbonyl (C=O) groups excluding carboxylic acids is 2. The van der Waals surface area contributed by atoms with Gasteiger partial charge in [-0.1, -0.05) is 24.3 Å². The number of carbonyl (C=O) groups is 2. The van der Waals surface area contributed by atoms with Gasteiger partial charge in [-0.25, -0.2) is 8.78 Å². The maximum Gasteiger partial charge on any atom is 0.292 e. The molecule has 1 amide bonds. The van der Waals surface area contributed by atoms with Crippen LogP contribution in [0.2, 0.25) is 0 Å². The van der Waals surface area contributed by atoms with Crippen LogP contribution in [0.3, 0.4) is 0 Å². The lowest BCUT2D eigenvalue weighted by Crippen LogP contribution is -2.48. The van der Waals surface area contributed by atoms with Gasteiger partial charge in [0, 0.05) is 17.7 Å². The van der Waals surface area contributed by atoms with E-state index in [1.807, 2.05) is 0 Å². The van der Waals surface area contributed by atoms with Crippen LogP contribution >= 0.6 is 0 Å². The average Bonchev–Trinajstić information content (AvgIpc) is 3.45. The number of likely N-dealkylation sites (tertiary alicyclic amines) is 1. The molecule has 2 aliphatic rings. The van der Waals surface area contributed by atoms with Gasteiger partial charge in [0.1, 0.15) is 25.1 Å². The Bertz CT molecular complexity index is 1310. The number of aliphatic hydroxyl groups excluding tert-OH is 1. The van der Waals surface area contributed by atoms with E-state index in [0.29, 0.717) is 11.3 Å². The summed E-state index contributed by atoms with van der Waals surface area (Å²) >= 11 is 0. The number of benzene rings is 2. The molecule has 2 N–H and O–H groups in total. The number of aromatic nitrogens is 1. The van der Waals surface area contributed by atoms with Crippen molar-refractivity contribution in [2.45, 2.75) is 25.0 Å². The molecule has 2 aliphatic heterocycles. The molecule has 1 saturated heterocycles. The molecule has 1 aromatic heterocycles. The highest BCUT2D eigenvalue weighted by atomic mass is 19.1. The molecule has 3 aromatic rings. The van der Waals surface area contributed by atoms with Crippen molar-refractivity contribution in [1.82, 2.24) is 15.2 Å². The molecule has 0 aliphatic carbocycles. The summed E-state index contributed by atoms with van der Waals surface area (Å²) in [6.45, 7) is 2.35. The summed E-state index contributed by atoms with van der Waals surface area (Å²) in [6.07, 6.45) is 1.78. The van der Waals surface area contributed by atoms with Crippen LogP contribution in [0.1, 0.15) is 34.9 Å². The number of nitrogens with one attached hydrogen (secondary N) is 1. The van der Waals surface area contributed by atoms with Crippen molar-refractivity contribution < 1.29 is 33.0 Å². The number of Topliss-reactive ketones (excluding diaryl/α,β-unsaturated/α-hetero) is 1. The van der Waals surface area contributed by atoms with Crippen molar-refractivity contribution >= 4 is 11.7 Å². The van der Waals surface area contributed by atoms with E-state index in [2.05, 4.69) is 15.2 Å². The molecule has 0 bridgehead atoms. The van der Waals surface area contributed by atoms with Crippen LogP contribution in [0.5, 0.6) is 11.5 Å². The van der Waals surface area contributed by atoms with E-state index in [0.717, 1.165) is 38.2 Å². The second kappa shape index (κ2) is 11.2. The predicted octanol–water partition coefficient (Wildman–Crippen LogP) is 3.29. The number of amides is 1. The lowest BCUT2D eigenvalue weighted by atomic mass is 9.99. The topological polar surface area (TPSA) is 101 Å². The molecule has 8 nitrogen and oxygen atoms in total. The van der Waals surface area contributed by atoms with Crippen molar-refractivity contribution in [2.75, 3.05) is 32.8 Å². The SMILES string of the molecule is O=C(N[C@H](CN1CCCC1)[C@@H](O)c1cc(F)c2c(c1)OCCO2)C(=O)c1ccc(-c2ccc(F)cn2)cc1. The van der Waals surface area contributed by atoms with Gasteiger partial charge >= 0.3 is 0 Å². The van der Waals surface area contributed by atoms with E-state index >= 15 is 0 Å². The van der Waals surface area contributed by atoms with Crippen LogP contribution in [-0.4, -0.2) is 65.6 Å². The number of ketones is 1. The second-order valence-electron chi connectivity index (χ2n) is 9.33. The lowest BCUT2D eigenvalue weighted by Gasteiger charge is -2.29. The fourth-order valence-electron chi connectivity index (χ4n) is 4.71. The fraction of sp³-hybridized carbons (Fsp3) is 0.321. The number of fused-ring (bicyclic) bond motifs is 1. The molecule has 10 heteroatoms. The van der Waals surface area contributed by atoms with Crippen LogP contribution in [0.4, 0.5) is 8.78 Å². The number of nitrogens with zero attached hydrogens (tertiary/aromatic N) is 2. The van der Waals surface area contributed by atoms with Crippen LogP contribution < -0.4 is 14.8 Å². The number of ether oxygens (including phenoxy) is 2. The number of hydrogen-bond acceptors (Lipinski definition) is 7. The highest BCUT2D eigenvalue weighted by molar-refractivity contribution is 6.42. The van der Waals surface area contributed by atoms with Gasteiger partial charge < -0.3 is 24.8 Å². The molecular weight excluding hydrogens is 496 g/mol. The first-order chi connectivity index (χ1) is 18.4. The number of halogens is 2. The summed E-state index contributed by atoms with van der Waals surface area (Å²) in [4.78, 5) is 32.0. The zero-order valence-electron chi connectivity index (χ0n) is 20.5. The van der Waals surface area contributed by atoms with E-state index in [4.69, 9.17) is 9.47 Å². The van der Waals surface area contributed by atoms with E-state index in [1.165, 1.54) is 30.3 Å². The summed E-state index contributed by atoms with van der Waals surface area (Å²) in [7, 11) is 0. The summed E-state index contributed by atoms with van der Waals surface area (Å²) < 4.78 is 38.6. The Morgan fingerprint density at radius 2 is 1.76 bits per heavy atom. The van der Waals surface area contributed by atoms with Crippen molar-refractivity contribution in [2.24, 2.45) is 0 Å². The summed E-state index contributed by atoms with van der Waals surface area (Å²) in [5, 5.41) is 13.9. The molecule has 3 heterocycles. The Morgan fingerprint density at radius 1 is 1.03 bits per heavy atom. The molecule has 2 aromatic carbocycles. The van der Waals surface area contributed by atoms with Gasteiger partial charge in [-0.2, -0.15) is 0 Å². The van der Waals surface area contributed by atoms with Gasteiger partial charge in [0.2, 0.25) is 5.78 Å². The monoisotopic (exact) mass is 523 g/mol. The third-order valence-electron chi connectivity index (χ3n) is 6.69. The Morgan fingerprint density at radius 3 is 2.47 bits per heavy atom. The van der Waals surface area contributed by atoms with Crippen molar-refractivity contribution in [1.29, 1.82) is 0 Å². The summed E-state index contributed by atoms with van der Waals surface area (Å²) in [6, 6.07) is 10.8. The fourth-order valence-corrected chi connectivity index (χ4v) is 4.71. The summed E-state index contributed by atoms with van der Waals surface area (Å²) in [5.74, 6) is -2.63. The van der Waals surface area contributed by atoms with Gasteiger partial charge in [0.15, 0.2) is 17.3 Å². The van der Waals surface area contributed by atoms with Crippen molar-refractivity contribution in [3.8, 4) is 22.8 Å². The molecule has 1 fully saturated rings. The Hall–Kier alpha value is -3.89. The zero-order valence-corrected chi connectivity index (χ0v) is 20.5. The van der Waals surface area contributed by atoms with Crippen LogP contribution in [0.15, 0.2) is 54.7 Å². The van der Waals surface area contributed by atoms with Crippen LogP contribution in [-0.2, 0) is 4.79 Å². The maximum absolute atomic E-state index is 14.7. The summed E-state index contributed by atoms with van der Waals surface area (Å²) in [5.41, 5.74) is 1.54. The standard InChI is InChI=1S/C28H27F2N3O5/c29-20-7-8-22(31-15-20)17-3-5-18(6-4-17)26(35)28(36)32-23(16-33-9-1-2-10-33)25(34)19-13-21(30)27-24(14-19)37-11-12-38-27/h3-8,13-15,23,25,34H,1-2,9-12,16H2,(H,32,36)/t23-,25+/m1/s1. The van der Waals surface area contributed by atoms with Gasteiger partial charge in [-0.05, 0) is 55.8 Å². The first kappa shape index (κ1) is 25.7. The quantitative estimate of drug-likeness (QED) is 0.345. The van der Waals surface area contributed by atoms with Crippen molar-refractivity contribution in [3.05, 3.63) is 77.5 Å². The molecule has 0 unspecified atom stereocenters. The Kier molecular flexibility index (Phi) is 7.62. The largest absolute Gasteiger partial charge is 0.486 e. The lowest BCUT2D eigenvalue weighted by molar-refractivity contribution is -0.118. The maximum atomic E-state index is 14.7. The molecule has 5 rings (SSSR count). The third-order valence-corrected chi connectivity index (χ3v) is 6.69. The molecule has 0 spiro atoms. The minimum absolute atomic E-state index is 0.0122. The van der Waals surface area contributed by atoms with Gasteiger partial charge in [0.05, 0.1) is 17.9 Å². The number of hydrogen-bond donors (Lipinski definition) is 2. The predicted molar refractivity (Wildman–Crippen MR) is 134 cm³/mol. The van der Waals surface area contributed by atoms with Crippen LogP contribution in [0.25, 0.3) is 11.3 Å². The van der Waals surface area contributed by atoms with E-state index < -0.39 is 35.5 Å². The molecular formula is C28H27F2N3O5. The Balaban J connectivity index is 1.33. The highest BCUT2D eigenvalue weighted by Crippen LogP contribution is 2.36. The van der Waals surface area contributed by atoms with E-state index in [9.17, 15) is 23.5 Å². The second-order valence-corrected chi connectivity index (χ2v) is 9.33. The van der Waals surface area contributed by atoms with Crippen LogP contribution in [0, 0.1) is 11.6 Å². The first-order valence-corrected chi connectivity index (χ1v) is 12.5. The molecule has 2 atom stereocenters. The number of pyridine rings is 1.